The highest BCUT2D eigenvalue weighted by atomic mass is 16.2. The summed E-state index contributed by atoms with van der Waals surface area (Å²) in [5.74, 6) is 0.333. The minimum atomic E-state index is -0.568. The van der Waals surface area contributed by atoms with E-state index in [9.17, 15) is 9.59 Å². The topological polar surface area (TPSA) is 64.0 Å². The van der Waals surface area contributed by atoms with E-state index in [1.807, 2.05) is 0 Å². The lowest BCUT2D eigenvalue weighted by Crippen LogP contribution is -2.37. The third-order valence-electron chi connectivity index (χ3n) is 4.72. The summed E-state index contributed by atoms with van der Waals surface area (Å²) in [5.41, 5.74) is 2.15. The third kappa shape index (κ3) is 4.09. The van der Waals surface area contributed by atoms with Crippen molar-refractivity contribution in [3.63, 3.8) is 0 Å². The zero-order valence-electron chi connectivity index (χ0n) is 13.8. The van der Waals surface area contributed by atoms with Crippen molar-refractivity contribution >= 4 is 5.91 Å². The fraction of sp³-hybridized carbons (Fsp3) is 0.611. The number of nitrogens with one attached hydrogen (secondary N) is 1. The van der Waals surface area contributed by atoms with E-state index in [1.54, 1.807) is 13.0 Å². The van der Waals surface area contributed by atoms with Crippen molar-refractivity contribution in [3.05, 3.63) is 39.8 Å². The predicted octanol–water partition coefficient (Wildman–Crippen LogP) is 2.69. The first-order chi connectivity index (χ1) is 11.1. The van der Waals surface area contributed by atoms with Gasteiger partial charge in [0.15, 0.2) is 0 Å². The molecule has 1 N–H and O–H groups in total. The van der Waals surface area contributed by atoms with Crippen LogP contribution in [0.3, 0.4) is 0 Å². The minimum Gasteiger partial charge on any atom is -0.354 e. The molecule has 2 aliphatic rings. The third-order valence-corrected chi connectivity index (χ3v) is 4.72. The molecular weight excluding hydrogens is 290 g/mol. The molecule has 0 radical (unpaired) electrons. The Kier molecular flexibility index (Phi) is 4.94. The van der Waals surface area contributed by atoms with Crippen LogP contribution in [-0.2, 0) is 4.79 Å². The number of nitrogens with zero attached hydrogens (tertiary/aromatic N) is 2. The van der Waals surface area contributed by atoms with E-state index in [0.717, 1.165) is 37.8 Å². The van der Waals surface area contributed by atoms with Gasteiger partial charge in [-0.25, -0.2) is 4.68 Å². The number of hydrogen-bond acceptors (Lipinski definition) is 3. The number of aromatic nitrogens is 2. The summed E-state index contributed by atoms with van der Waals surface area (Å²) in [4.78, 5) is 24.3. The fourth-order valence-electron chi connectivity index (χ4n) is 3.05. The zero-order chi connectivity index (χ0) is 16.2. The van der Waals surface area contributed by atoms with Gasteiger partial charge in [-0.1, -0.05) is 11.6 Å². The van der Waals surface area contributed by atoms with Gasteiger partial charge >= 0.3 is 0 Å². The number of allylic oxidation sites excluding steroid dienone is 1. The maximum absolute atomic E-state index is 12.3. The molecule has 1 unspecified atom stereocenters. The van der Waals surface area contributed by atoms with E-state index >= 15 is 0 Å². The largest absolute Gasteiger partial charge is 0.354 e. The molecule has 0 spiro atoms. The Hall–Kier alpha value is -1.91. The Bertz CT molecular complexity index is 658. The summed E-state index contributed by atoms with van der Waals surface area (Å²) in [6, 6.07) is 2.75. The van der Waals surface area contributed by atoms with Crippen molar-refractivity contribution < 1.29 is 4.79 Å². The minimum absolute atomic E-state index is 0.135. The second-order valence-corrected chi connectivity index (χ2v) is 6.64. The van der Waals surface area contributed by atoms with Gasteiger partial charge in [0.05, 0.1) is 5.69 Å². The number of hydrogen-bond donors (Lipinski definition) is 1. The molecular formula is C18H25N3O2. The number of rotatable bonds is 6. The monoisotopic (exact) mass is 315 g/mol. The van der Waals surface area contributed by atoms with Crippen LogP contribution in [0.25, 0.3) is 0 Å². The van der Waals surface area contributed by atoms with E-state index in [-0.39, 0.29) is 11.5 Å². The second-order valence-electron chi connectivity index (χ2n) is 6.64. The summed E-state index contributed by atoms with van der Waals surface area (Å²) in [7, 11) is 0. The maximum Gasteiger partial charge on any atom is 0.267 e. The normalized spacial score (nSPS) is 19.1. The lowest BCUT2D eigenvalue weighted by Gasteiger charge is -2.16. The summed E-state index contributed by atoms with van der Waals surface area (Å²) in [6.07, 6.45) is 10.3. The molecule has 1 amide bonds. The van der Waals surface area contributed by atoms with E-state index in [4.69, 9.17) is 0 Å². The van der Waals surface area contributed by atoms with Crippen LogP contribution in [0.2, 0.25) is 0 Å². The first kappa shape index (κ1) is 16.0. The van der Waals surface area contributed by atoms with Crippen LogP contribution < -0.4 is 10.9 Å². The smallest absolute Gasteiger partial charge is 0.267 e. The maximum atomic E-state index is 12.3. The molecule has 1 heterocycles. The van der Waals surface area contributed by atoms with Gasteiger partial charge in [0.1, 0.15) is 6.04 Å². The van der Waals surface area contributed by atoms with Gasteiger partial charge in [-0.2, -0.15) is 5.10 Å². The number of carbonyl (C=O) groups excluding carboxylic acids is 1. The molecule has 5 nitrogen and oxygen atoms in total. The van der Waals surface area contributed by atoms with Crippen LogP contribution in [-0.4, -0.2) is 22.2 Å². The second kappa shape index (κ2) is 7.11. The zero-order valence-corrected chi connectivity index (χ0v) is 13.8. The molecule has 23 heavy (non-hydrogen) atoms. The summed E-state index contributed by atoms with van der Waals surface area (Å²) >= 11 is 0. The van der Waals surface area contributed by atoms with Crippen molar-refractivity contribution in [3.8, 4) is 0 Å². The van der Waals surface area contributed by atoms with E-state index in [0.29, 0.717) is 12.5 Å². The van der Waals surface area contributed by atoms with Crippen LogP contribution in [0.4, 0.5) is 0 Å². The van der Waals surface area contributed by atoms with Gasteiger partial charge in [0, 0.05) is 18.5 Å². The average Bonchev–Trinajstić information content (AvgIpc) is 3.40. The highest BCUT2D eigenvalue weighted by Crippen LogP contribution is 2.38. The van der Waals surface area contributed by atoms with Crippen LogP contribution in [0.5, 0.6) is 0 Å². The van der Waals surface area contributed by atoms with Crippen molar-refractivity contribution in [2.75, 3.05) is 6.54 Å². The molecule has 5 heteroatoms. The molecule has 124 valence electrons. The van der Waals surface area contributed by atoms with Crippen molar-refractivity contribution in [1.82, 2.24) is 15.1 Å². The Morgan fingerprint density at radius 2 is 2.22 bits per heavy atom. The molecule has 0 bridgehead atoms. The van der Waals surface area contributed by atoms with Gasteiger partial charge in [-0.15, -0.1) is 0 Å². The summed E-state index contributed by atoms with van der Waals surface area (Å²) in [6.45, 7) is 2.37. The van der Waals surface area contributed by atoms with E-state index in [2.05, 4.69) is 16.5 Å². The van der Waals surface area contributed by atoms with Gasteiger partial charge in [-0.3, -0.25) is 9.59 Å². The fourth-order valence-corrected chi connectivity index (χ4v) is 3.05. The van der Waals surface area contributed by atoms with Crippen molar-refractivity contribution in [2.24, 2.45) is 0 Å². The SMILES string of the molecule is CC(C(=O)NCCC1=CCCCC1)n1nc(C2CC2)ccc1=O. The average molecular weight is 315 g/mol. The molecule has 0 aromatic carbocycles. The molecule has 2 aliphatic carbocycles. The van der Waals surface area contributed by atoms with Crippen molar-refractivity contribution in [1.29, 1.82) is 0 Å². The van der Waals surface area contributed by atoms with Crippen molar-refractivity contribution in [2.45, 2.75) is 63.8 Å². The Labute approximate surface area is 136 Å². The predicted molar refractivity (Wildman–Crippen MR) is 89.4 cm³/mol. The van der Waals surface area contributed by atoms with Gasteiger partial charge < -0.3 is 5.32 Å². The molecule has 0 saturated heterocycles. The number of carbonyl (C=O) groups is 1. The lowest BCUT2D eigenvalue weighted by atomic mass is 9.97. The summed E-state index contributed by atoms with van der Waals surface area (Å²) < 4.78 is 1.32. The first-order valence-corrected chi connectivity index (χ1v) is 8.70. The highest BCUT2D eigenvalue weighted by molar-refractivity contribution is 5.79. The van der Waals surface area contributed by atoms with Crippen LogP contribution >= 0.6 is 0 Å². The van der Waals surface area contributed by atoms with Gasteiger partial charge in [-0.05, 0) is 57.9 Å². The molecule has 1 saturated carbocycles. The lowest BCUT2D eigenvalue weighted by molar-refractivity contribution is -0.124. The van der Waals surface area contributed by atoms with Crippen LogP contribution in [0.1, 0.15) is 69.5 Å². The molecule has 0 aliphatic heterocycles. The Morgan fingerprint density at radius 3 is 2.91 bits per heavy atom. The standard InChI is InChI=1S/C18H25N3O2/c1-13(18(23)19-12-11-14-5-3-2-4-6-14)21-17(22)10-9-16(20-21)15-7-8-15/h5,9-10,13,15H,2-4,6-8,11-12H2,1H3,(H,19,23). The molecule has 3 rings (SSSR count). The highest BCUT2D eigenvalue weighted by Gasteiger charge is 2.27. The first-order valence-electron chi connectivity index (χ1n) is 8.70. The molecule has 1 aromatic rings. The number of amides is 1. The Morgan fingerprint density at radius 1 is 1.39 bits per heavy atom. The summed E-state index contributed by atoms with van der Waals surface area (Å²) in [5, 5.41) is 7.33. The Balaban J connectivity index is 1.57. The van der Waals surface area contributed by atoms with Gasteiger partial charge in [0.25, 0.3) is 5.56 Å². The van der Waals surface area contributed by atoms with E-state index in [1.165, 1.54) is 29.2 Å². The van der Waals surface area contributed by atoms with Crippen LogP contribution in [0.15, 0.2) is 28.6 Å². The molecule has 1 fully saturated rings. The quantitative estimate of drug-likeness (QED) is 0.821. The van der Waals surface area contributed by atoms with Gasteiger partial charge in [0.2, 0.25) is 5.91 Å². The van der Waals surface area contributed by atoms with Crippen LogP contribution in [0, 0.1) is 0 Å². The molecule has 1 atom stereocenters. The van der Waals surface area contributed by atoms with E-state index < -0.39 is 6.04 Å². The molecule has 1 aromatic heterocycles.